The summed E-state index contributed by atoms with van der Waals surface area (Å²) >= 11 is 0. The lowest BCUT2D eigenvalue weighted by atomic mass is 9.99. The van der Waals surface area contributed by atoms with Crippen LogP contribution in [0.2, 0.25) is 0 Å². The van der Waals surface area contributed by atoms with E-state index in [2.05, 4.69) is 25.9 Å². The van der Waals surface area contributed by atoms with Crippen LogP contribution in [0.4, 0.5) is 0 Å². The van der Waals surface area contributed by atoms with Gasteiger partial charge in [-0.15, -0.1) is 0 Å². The number of nitrogens with zero attached hydrogens (tertiary/aromatic N) is 3. The van der Waals surface area contributed by atoms with E-state index < -0.39 is 0 Å². The molecule has 0 unspecified atom stereocenters. The molecule has 0 fully saturated rings. The van der Waals surface area contributed by atoms with Crippen LogP contribution in [-0.2, 0) is 0 Å². The standard InChI is InChI=1S/C29H27N3O4/c1-29(2,3)18-35-20-14-12-19(13-15-20)17-30-32-27(31-23-9-6-5-8-21(23)28(32)33)26-16-22-24(34-4)10-7-11-25(22)36-26/h5-17H,18H2,1-4H3. The van der Waals surface area contributed by atoms with E-state index in [9.17, 15) is 4.79 Å². The summed E-state index contributed by atoms with van der Waals surface area (Å²) in [7, 11) is 1.61. The monoisotopic (exact) mass is 481 g/mol. The van der Waals surface area contributed by atoms with Gasteiger partial charge in [0.15, 0.2) is 5.76 Å². The molecule has 0 radical (unpaired) electrons. The Labute approximate surface area is 208 Å². The van der Waals surface area contributed by atoms with Gasteiger partial charge >= 0.3 is 0 Å². The fourth-order valence-corrected chi connectivity index (χ4v) is 3.79. The second-order valence-corrected chi connectivity index (χ2v) is 9.72. The molecule has 0 N–H and O–H groups in total. The lowest BCUT2D eigenvalue weighted by molar-refractivity contribution is 0.198. The number of methoxy groups -OCH3 is 1. The van der Waals surface area contributed by atoms with Gasteiger partial charge in [-0.3, -0.25) is 4.79 Å². The fraction of sp³-hybridized carbons (Fsp3) is 0.207. The number of ether oxygens (including phenoxy) is 2. The number of para-hydroxylation sites is 1. The zero-order valence-corrected chi connectivity index (χ0v) is 20.7. The number of fused-ring (bicyclic) bond motifs is 2. The largest absolute Gasteiger partial charge is 0.496 e. The van der Waals surface area contributed by atoms with Crippen molar-refractivity contribution in [1.82, 2.24) is 9.66 Å². The van der Waals surface area contributed by atoms with E-state index in [0.717, 1.165) is 16.7 Å². The average Bonchev–Trinajstić information content (AvgIpc) is 3.31. The maximum Gasteiger partial charge on any atom is 0.282 e. The Morgan fingerprint density at radius 1 is 1.00 bits per heavy atom. The molecule has 7 nitrogen and oxygen atoms in total. The first kappa shape index (κ1) is 23.4. The van der Waals surface area contributed by atoms with Crippen LogP contribution in [0.5, 0.6) is 11.5 Å². The molecule has 0 saturated carbocycles. The van der Waals surface area contributed by atoms with Crippen molar-refractivity contribution in [1.29, 1.82) is 0 Å². The van der Waals surface area contributed by atoms with Crippen LogP contribution in [0.25, 0.3) is 33.5 Å². The zero-order valence-electron chi connectivity index (χ0n) is 20.7. The van der Waals surface area contributed by atoms with Crippen molar-refractivity contribution in [3.8, 4) is 23.1 Å². The summed E-state index contributed by atoms with van der Waals surface area (Å²) in [4.78, 5) is 18.2. The minimum absolute atomic E-state index is 0.0709. The van der Waals surface area contributed by atoms with E-state index in [1.165, 1.54) is 4.68 Å². The molecular formula is C29H27N3O4. The van der Waals surface area contributed by atoms with Crippen molar-refractivity contribution < 1.29 is 13.9 Å². The molecule has 182 valence electrons. The minimum atomic E-state index is -0.288. The first-order valence-electron chi connectivity index (χ1n) is 11.7. The third kappa shape index (κ3) is 4.73. The molecule has 0 bridgehead atoms. The Morgan fingerprint density at radius 2 is 1.78 bits per heavy atom. The Bertz CT molecular complexity index is 1620. The predicted octanol–water partition coefficient (Wildman–Crippen LogP) is 6.13. The highest BCUT2D eigenvalue weighted by atomic mass is 16.5. The topological polar surface area (TPSA) is 78.9 Å². The molecule has 0 aliphatic heterocycles. The van der Waals surface area contributed by atoms with E-state index in [4.69, 9.17) is 18.9 Å². The van der Waals surface area contributed by atoms with Gasteiger partial charge in [0.25, 0.3) is 5.56 Å². The molecule has 0 aliphatic rings. The first-order chi connectivity index (χ1) is 17.3. The second-order valence-electron chi connectivity index (χ2n) is 9.72. The van der Waals surface area contributed by atoms with E-state index in [1.54, 1.807) is 25.5 Å². The van der Waals surface area contributed by atoms with Crippen LogP contribution in [0.1, 0.15) is 26.3 Å². The summed E-state index contributed by atoms with van der Waals surface area (Å²) in [6.07, 6.45) is 1.62. The number of benzene rings is 3. The minimum Gasteiger partial charge on any atom is -0.496 e. The zero-order chi connectivity index (χ0) is 25.3. The third-order valence-electron chi connectivity index (χ3n) is 5.59. The highest BCUT2D eigenvalue weighted by Crippen LogP contribution is 2.32. The SMILES string of the molecule is COc1cccc2oc(-c3nc4ccccc4c(=O)n3N=Cc3ccc(OCC(C)(C)C)cc3)cc12. The lowest BCUT2D eigenvalue weighted by Gasteiger charge is -2.18. The molecule has 0 spiro atoms. The third-order valence-corrected chi connectivity index (χ3v) is 5.59. The van der Waals surface area contributed by atoms with Gasteiger partial charge in [0.1, 0.15) is 17.1 Å². The summed E-state index contributed by atoms with van der Waals surface area (Å²) in [6.45, 7) is 6.99. The van der Waals surface area contributed by atoms with Crippen molar-refractivity contribution in [2.45, 2.75) is 20.8 Å². The predicted molar refractivity (Wildman–Crippen MR) is 142 cm³/mol. The smallest absolute Gasteiger partial charge is 0.282 e. The summed E-state index contributed by atoms with van der Waals surface area (Å²) in [5, 5.41) is 5.78. The van der Waals surface area contributed by atoms with E-state index in [0.29, 0.717) is 40.4 Å². The van der Waals surface area contributed by atoms with Gasteiger partial charge < -0.3 is 13.9 Å². The maximum absolute atomic E-state index is 13.4. The molecule has 36 heavy (non-hydrogen) atoms. The molecule has 5 aromatic rings. The van der Waals surface area contributed by atoms with Crippen LogP contribution >= 0.6 is 0 Å². The van der Waals surface area contributed by atoms with E-state index in [-0.39, 0.29) is 11.0 Å². The average molecular weight is 482 g/mol. The van der Waals surface area contributed by atoms with Gasteiger partial charge in [0, 0.05) is 0 Å². The highest BCUT2D eigenvalue weighted by Gasteiger charge is 2.18. The molecule has 5 rings (SSSR count). The Hall–Kier alpha value is -4.39. The van der Waals surface area contributed by atoms with Crippen LogP contribution in [-0.4, -0.2) is 29.6 Å². The first-order valence-corrected chi connectivity index (χ1v) is 11.7. The van der Waals surface area contributed by atoms with Gasteiger partial charge in [-0.1, -0.05) is 39.0 Å². The fourth-order valence-electron chi connectivity index (χ4n) is 3.79. The number of rotatable bonds is 6. The van der Waals surface area contributed by atoms with Crippen molar-refractivity contribution in [2.24, 2.45) is 10.5 Å². The maximum atomic E-state index is 13.4. The van der Waals surface area contributed by atoms with Gasteiger partial charge in [0.05, 0.1) is 36.2 Å². The molecule has 2 heterocycles. The number of hydrogen-bond acceptors (Lipinski definition) is 6. The Morgan fingerprint density at radius 3 is 2.53 bits per heavy atom. The number of aromatic nitrogens is 2. The molecule has 7 heteroatoms. The van der Waals surface area contributed by atoms with Crippen molar-refractivity contribution in [3.63, 3.8) is 0 Å². The van der Waals surface area contributed by atoms with Crippen LogP contribution < -0.4 is 15.0 Å². The normalized spacial score (nSPS) is 12.0. The summed E-state index contributed by atoms with van der Waals surface area (Å²) in [5.74, 6) is 2.18. The van der Waals surface area contributed by atoms with Gasteiger partial charge in [-0.05, 0) is 65.6 Å². The van der Waals surface area contributed by atoms with Crippen LogP contribution in [0.15, 0.2) is 87.1 Å². The van der Waals surface area contributed by atoms with Crippen molar-refractivity contribution in [3.05, 3.63) is 88.7 Å². The van der Waals surface area contributed by atoms with Gasteiger partial charge in [-0.2, -0.15) is 9.78 Å². The Balaban J connectivity index is 1.57. The van der Waals surface area contributed by atoms with E-state index in [1.807, 2.05) is 60.7 Å². The highest BCUT2D eigenvalue weighted by molar-refractivity contribution is 5.88. The van der Waals surface area contributed by atoms with Crippen molar-refractivity contribution >= 4 is 28.1 Å². The Kier molecular flexibility index (Phi) is 6.06. The van der Waals surface area contributed by atoms with Gasteiger partial charge in [-0.25, -0.2) is 4.98 Å². The summed E-state index contributed by atoms with van der Waals surface area (Å²) in [6, 6.07) is 22.1. The molecular weight excluding hydrogens is 454 g/mol. The summed E-state index contributed by atoms with van der Waals surface area (Å²) in [5.41, 5.74) is 1.80. The second kappa shape index (κ2) is 9.34. The lowest BCUT2D eigenvalue weighted by Crippen LogP contribution is -2.20. The number of hydrogen-bond donors (Lipinski definition) is 0. The quantitative estimate of drug-likeness (QED) is 0.273. The molecule has 0 aliphatic carbocycles. The molecule has 0 saturated heterocycles. The number of furan rings is 1. The summed E-state index contributed by atoms with van der Waals surface area (Å²) < 4.78 is 18.7. The molecule has 2 aromatic heterocycles. The van der Waals surface area contributed by atoms with Gasteiger partial charge in [0.2, 0.25) is 5.82 Å². The van der Waals surface area contributed by atoms with Crippen LogP contribution in [0.3, 0.4) is 0 Å². The molecule has 0 atom stereocenters. The molecule has 3 aromatic carbocycles. The van der Waals surface area contributed by atoms with E-state index >= 15 is 0 Å². The van der Waals surface area contributed by atoms with Crippen LogP contribution in [0, 0.1) is 5.41 Å². The van der Waals surface area contributed by atoms with Crippen molar-refractivity contribution in [2.75, 3.05) is 13.7 Å². The molecule has 0 amide bonds.